The van der Waals surface area contributed by atoms with Crippen LogP contribution in [0.2, 0.25) is 0 Å². The Morgan fingerprint density at radius 3 is 2.40 bits per heavy atom. The van der Waals surface area contributed by atoms with Crippen molar-refractivity contribution in [1.82, 2.24) is 26.2 Å². The van der Waals surface area contributed by atoms with Crippen LogP contribution in [0.3, 0.4) is 0 Å². The van der Waals surface area contributed by atoms with Gasteiger partial charge in [-0.05, 0) is 48.8 Å². The molecule has 3 unspecified atom stereocenters. The van der Waals surface area contributed by atoms with E-state index in [2.05, 4.69) is 26.6 Å². The summed E-state index contributed by atoms with van der Waals surface area (Å²) in [4.78, 5) is 73.9. The Morgan fingerprint density at radius 2 is 1.67 bits per heavy atom. The van der Waals surface area contributed by atoms with Crippen molar-refractivity contribution < 1.29 is 72.9 Å². The number of ether oxygens (including phenoxy) is 2. The van der Waals surface area contributed by atoms with E-state index < -0.39 is 23.5 Å². The number of carboxylic acids is 1. The molecular weight excluding hydrogens is 703 g/mol. The Hall–Kier alpha value is -2.89. The van der Waals surface area contributed by atoms with E-state index in [1.165, 1.54) is 4.90 Å². The minimum absolute atomic E-state index is 0. The van der Waals surface area contributed by atoms with Crippen LogP contribution in [0.4, 0.5) is 10.5 Å². The summed E-state index contributed by atoms with van der Waals surface area (Å²) in [5.41, 5.74) is 0.879. The summed E-state index contributed by atoms with van der Waals surface area (Å²) < 4.78 is 11.0. The Labute approximate surface area is 330 Å². The number of amides is 6. The second-order valence-electron chi connectivity index (χ2n) is 14.2. The van der Waals surface area contributed by atoms with E-state index in [9.17, 15) is 33.9 Å². The van der Waals surface area contributed by atoms with Crippen molar-refractivity contribution in [2.45, 2.75) is 101 Å². The van der Waals surface area contributed by atoms with Crippen LogP contribution in [0.5, 0.6) is 0 Å². The van der Waals surface area contributed by atoms with Crippen molar-refractivity contribution in [2.24, 2.45) is 5.41 Å². The average Bonchev–Trinajstić information content (AvgIpc) is 3.72. The molecule has 0 aromatic heterocycles. The summed E-state index contributed by atoms with van der Waals surface area (Å²) in [6, 6.07) is 5.44. The molecule has 0 saturated carbocycles. The number of hydrogen-bond acceptors (Lipinski definition) is 10. The van der Waals surface area contributed by atoms with Crippen LogP contribution in [-0.4, -0.2) is 115 Å². The van der Waals surface area contributed by atoms with Crippen LogP contribution >= 0.6 is 11.8 Å². The summed E-state index contributed by atoms with van der Waals surface area (Å²) in [6.45, 7) is 5.27. The molecule has 17 heteroatoms. The molecule has 1 aromatic carbocycles. The molecular formula is C35H49N6NaO9S. The fourth-order valence-electron chi connectivity index (χ4n) is 7.31. The zero-order valence-electron chi connectivity index (χ0n) is 30.2. The molecule has 0 bridgehead atoms. The minimum atomic E-state index is -1.28. The third kappa shape index (κ3) is 11.1. The normalized spacial score (nSPS) is 25.2. The van der Waals surface area contributed by atoms with Crippen molar-refractivity contribution in [3.63, 3.8) is 0 Å². The number of β-lactam (4-membered cyclic amide) rings is 1. The van der Waals surface area contributed by atoms with E-state index in [4.69, 9.17) is 9.47 Å². The third-order valence-electron chi connectivity index (χ3n) is 9.93. The molecule has 5 N–H and O–H groups in total. The molecule has 0 aliphatic carbocycles. The van der Waals surface area contributed by atoms with E-state index in [0.717, 1.165) is 30.6 Å². The molecule has 52 heavy (non-hydrogen) atoms. The largest absolute Gasteiger partial charge is 1.00 e. The first-order valence-electron chi connectivity index (χ1n) is 17.7. The van der Waals surface area contributed by atoms with Gasteiger partial charge in [-0.15, -0.1) is 0 Å². The van der Waals surface area contributed by atoms with Gasteiger partial charge in [0.15, 0.2) is 0 Å². The summed E-state index contributed by atoms with van der Waals surface area (Å²) in [5.74, 6) is -1.22. The number of rotatable bonds is 20. The Bertz CT molecular complexity index is 1450. The van der Waals surface area contributed by atoms with Crippen LogP contribution in [0.15, 0.2) is 24.3 Å². The van der Waals surface area contributed by atoms with E-state index in [1.807, 2.05) is 23.9 Å². The predicted octanol–water partition coefficient (Wildman–Crippen LogP) is -2.93. The number of nitrogens with one attached hydrogen (secondary N) is 5. The van der Waals surface area contributed by atoms with Gasteiger partial charge < -0.3 is 50.9 Å². The van der Waals surface area contributed by atoms with Crippen molar-refractivity contribution in [3.05, 3.63) is 29.8 Å². The van der Waals surface area contributed by atoms with Crippen molar-refractivity contribution in [1.29, 1.82) is 0 Å². The zero-order chi connectivity index (χ0) is 36.5. The number of unbranched alkanes of at least 4 members (excludes halogenated alkanes) is 1. The molecule has 0 radical (unpaired) electrons. The van der Waals surface area contributed by atoms with E-state index in [0.29, 0.717) is 56.6 Å². The maximum atomic E-state index is 12.6. The summed E-state index contributed by atoms with van der Waals surface area (Å²) in [5, 5.41) is 26.3. The minimum Gasteiger partial charge on any atom is -0.548 e. The monoisotopic (exact) mass is 752 g/mol. The van der Waals surface area contributed by atoms with Crippen LogP contribution in [-0.2, 0) is 39.9 Å². The number of anilines is 1. The maximum absolute atomic E-state index is 12.6. The molecule has 0 spiro atoms. The second kappa shape index (κ2) is 19.4. The zero-order valence-corrected chi connectivity index (χ0v) is 33.0. The molecule has 280 valence electrons. The van der Waals surface area contributed by atoms with Gasteiger partial charge in [0.25, 0.3) is 0 Å². The maximum Gasteiger partial charge on any atom is 1.00 e. The van der Waals surface area contributed by atoms with Gasteiger partial charge in [0.2, 0.25) is 23.6 Å². The first kappa shape index (κ1) is 41.9. The van der Waals surface area contributed by atoms with E-state index in [-0.39, 0.29) is 96.8 Å². The number of thioether (sulfide) groups is 1. The van der Waals surface area contributed by atoms with Gasteiger partial charge >= 0.3 is 35.6 Å². The molecule has 6 atom stereocenters. The molecule has 4 fully saturated rings. The smallest absolute Gasteiger partial charge is 0.548 e. The fourth-order valence-corrected chi connectivity index (χ4v) is 8.86. The van der Waals surface area contributed by atoms with Crippen LogP contribution in [0.1, 0.15) is 64.4 Å². The number of nitrogens with zero attached hydrogens (tertiary/aromatic N) is 1. The molecule has 15 nitrogen and oxygen atoms in total. The number of carbonyl (C=O) groups excluding carboxylic acids is 6. The average molecular weight is 753 g/mol. The quantitative estimate of drug-likeness (QED) is 0.0397. The number of fused-ring (bicyclic) bond motifs is 2. The van der Waals surface area contributed by atoms with Crippen molar-refractivity contribution in [2.75, 3.05) is 44.0 Å². The molecule has 6 amide bonds. The second-order valence-corrected chi connectivity index (χ2v) is 15.5. The number of carbonyl (C=O) groups is 6. The van der Waals surface area contributed by atoms with Gasteiger partial charge in [0, 0.05) is 36.1 Å². The summed E-state index contributed by atoms with van der Waals surface area (Å²) >= 11 is 1.88. The number of hydrogen-bond donors (Lipinski definition) is 5. The Morgan fingerprint density at radius 1 is 0.942 bits per heavy atom. The van der Waals surface area contributed by atoms with Crippen LogP contribution < -0.4 is 61.2 Å². The van der Waals surface area contributed by atoms with Crippen molar-refractivity contribution >= 4 is 53.1 Å². The van der Waals surface area contributed by atoms with Gasteiger partial charge in [-0.2, -0.15) is 11.8 Å². The van der Waals surface area contributed by atoms with Gasteiger partial charge in [-0.25, -0.2) is 4.79 Å². The van der Waals surface area contributed by atoms with Gasteiger partial charge in [-0.3, -0.25) is 19.2 Å². The Balaban J connectivity index is 0.00000605. The van der Waals surface area contributed by atoms with Gasteiger partial charge in [0.05, 0.1) is 63.0 Å². The predicted molar refractivity (Wildman–Crippen MR) is 186 cm³/mol. The SMILES string of the molecule is CC1(C)C[C@@H]2[C@H](NC(=O)CCc3ccc(NC(=O)CCOCCOCCNC(=O)CCCCC4SCC5NC(=O)NC54)cc3)C(=O)N2[C@H]1C(=O)[O-].[Na+]. The summed E-state index contributed by atoms with van der Waals surface area (Å²) in [7, 11) is 0. The fraction of sp³-hybridized carbons (Fsp3) is 0.657. The number of urea groups is 1. The molecule has 4 aliphatic heterocycles. The van der Waals surface area contributed by atoms with Gasteiger partial charge in [-0.1, -0.05) is 32.4 Å². The van der Waals surface area contributed by atoms with Crippen molar-refractivity contribution in [3.8, 4) is 0 Å². The standard InChI is InChI=1S/C35H50N6O9S.Na/c1-35(2)19-24-30(32(45)41(24)31(35)33(46)47)39-27(43)12-9-21-7-10-22(11-8-21)37-28(44)13-15-49-17-18-50-16-14-36-26(42)6-4-3-5-25-29-23(20-51-25)38-34(48)40-29;/h7-8,10-11,23-25,29-31H,3-6,9,12-20H2,1-2H3,(H,36,42)(H,37,44)(H,39,43)(H,46,47)(H2,38,40,48);/q;+1/p-1/t23?,24-,25?,29?,30+,31+;/m1./s1. The number of aliphatic carboxylic acids is 1. The number of aryl methyl sites for hydroxylation is 1. The molecule has 4 saturated heterocycles. The summed E-state index contributed by atoms with van der Waals surface area (Å²) in [6.07, 6.45) is 4.43. The van der Waals surface area contributed by atoms with Crippen LogP contribution in [0, 0.1) is 5.41 Å². The number of benzene rings is 1. The van der Waals surface area contributed by atoms with E-state index in [1.54, 1.807) is 26.0 Å². The molecule has 4 aliphatic rings. The third-order valence-corrected chi connectivity index (χ3v) is 11.4. The topological polar surface area (TPSA) is 207 Å². The molecule has 5 rings (SSSR count). The van der Waals surface area contributed by atoms with E-state index >= 15 is 0 Å². The Kier molecular flexibility index (Phi) is 15.6. The molecule has 4 heterocycles. The number of carboxylic acid groups (broad SMARTS) is 1. The van der Waals surface area contributed by atoms with Crippen LogP contribution in [0.25, 0.3) is 0 Å². The molecule has 1 aromatic rings. The first-order valence-corrected chi connectivity index (χ1v) is 18.8. The van der Waals surface area contributed by atoms with Gasteiger partial charge in [0.1, 0.15) is 6.04 Å². The first-order chi connectivity index (χ1) is 24.4.